The molecule has 0 unspecified atom stereocenters. The third kappa shape index (κ3) is 1.66. The van der Waals surface area contributed by atoms with Crippen LogP contribution in [0.3, 0.4) is 0 Å². The highest BCUT2D eigenvalue weighted by atomic mass is 16.5. The van der Waals surface area contributed by atoms with Gasteiger partial charge in [0, 0.05) is 5.92 Å². The van der Waals surface area contributed by atoms with Crippen LogP contribution in [-0.4, -0.2) is 10.1 Å². The molecule has 0 bridgehead atoms. The fraction of sp³-hybridized carbons (Fsp3) is 0.800. The third-order valence-corrected chi connectivity index (χ3v) is 2.93. The van der Waals surface area contributed by atoms with Crippen molar-refractivity contribution in [1.82, 2.24) is 10.1 Å². The van der Waals surface area contributed by atoms with Crippen LogP contribution in [0.4, 0.5) is 0 Å². The first kappa shape index (κ1) is 9.65. The molecule has 1 aliphatic carbocycles. The molecule has 0 spiro atoms. The molecule has 1 atom stereocenters. The molecule has 4 nitrogen and oxygen atoms in total. The largest absolute Gasteiger partial charge is 0.338 e. The summed E-state index contributed by atoms with van der Waals surface area (Å²) >= 11 is 0. The molecule has 78 valence electrons. The molecule has 0 saturated heterocycles. The first-order valence-corrected chi connectivity index (χ1v) is 5.27. The summed E-state index contributed by atoms with van der Waals surface area (Å²) in [6.07, 6.45) is 3.66. The first-order valence-electron chi connectivity index (χ1n) is 5.27. The SMILES string of the molecule is CC(C)[C@H](N)c1nc(C2CCC2)no1. The van der Waals surface area contributed by atoms with Gasteiger partial charge in [0.05, 0.1) is 6.04 Å². The van der Waals surface area contributed by atoms with Crippen LogP contribution in [0.5, 0.6) is 0 Å². The molecule has 0 amide bonds. The Hall–Kier alpha value is -0.900. The van der Waals surface area contributed by atoms with E-state index in [-0.39, 0.29) is 6.04 Å². The minimum Gasteiger partial charge on any atom is -0.338 e. The van der Waals surface area contributed by atoms with E-state index in [4.69, 9.17) is 10.3 Å². The monoisotopic (exact) mass is 195 g/mol. The molecule has 0 radical (unpaired) electrons. The van der Waals surface area contributed by atoms with Gasteiger partial charge in [0.2, 0.25) is 5.89 Å². The van der Waals surface area contributed by atoms with Gasteiger partial charge in [-0.1, -0.05) is 25.4 Å². The fourth-order valence-corrected chi connectivity index (χ4v) is 1.50. The molecule has 1 heterocycles. The number of aromatic nitrogens is 2. The first-order chi connectivity index (χ1) is 6.68. The van der Waals surface area contributed by atoms with E-state index in [0.717, 1.165) is 5.82 Å². The van der Waals surface area contributed by atoms with Crippen LogP contribution < -0.4 is 5.73 Å². The number of hydrogen-bond donors (Lipinski definition) is 1. The lowest BCUT2D eigenvalue weighted by molar-refractivity contribution is 0.314. The normalized spacial score (nSPS) is 19.7. The maximum Gasteiger partial charge on any atom is 0.243 e. The fourth-order valence-electron chi connectivity index (χ4n) is 1.50. The molecule has 1 saturated carbocycles. The summed E-state index contributed by atoms with van der Waals surface area (Å²) < 4.78 is 5.16. The lowest BCUT2D eigenvalue weighted by Gasteiger charge is -2.21. The van der Waals surface area contributed by atoms with Crippen LogP contribution in [-0.2, 0) is 0 Å². The van der Waals surface area contributed by atoms with E-state index >= 15 is 0 Å². The lowest BCUT2D eigenvalue weighted by Crippen LogP contribution is -2.17. The number of nitrogens with two attached hydrogens (primary N) is 1. The molecule has 2 rings (SSSR count). The van der Waals surface area contributed by atoms with E-state index in [1.54, 1.807) is 0 Å². The third-order valence-electron chi connectivity index (χ3n) is 2.93. The Balaban J connectivity index is 2.08. The van der Waals surface area contributed by atoms with Gasteiger partial charge >= 0.3 is 0 Å². The van der Waals surface area contributed by atoms with Gasteiger partial charge in [0.15, 0.2) is 5.82 Å². The molecule has 0 aliphatic heterocycles. The molecule has 1 aliphatic rings. The van der Waals surface area contributed by atoms with Crippen molar-refractivity contribution in [2.24, 2.45) is 11.7 Å². The van der Waals surface area contributed by atoms with Gasteiger partial charge in [-0.2, -0.15) is 4.98 Å². The van der Waals surface area contributed by atoms with E-state index in [9.17, 15) is 0 Å². The molecule has 1 fully saturated rings. The number of hydrogen-bond acceptors (Lipinski definition) is 4. The summed E-state index contributed by atoms with van der Waals surface area (Å²) in [5.74, 6) is 2.29. The summed E-state index contributed by atoms with van der Waals surface area (Å²) in [6, 6.07) is -0.128. The summed E-state index contributed by atoms with van der Waals surface area (Å²) in [4.78, 5) is 4.35. The van der Waals surface area contributed by atoms with Crippen LogP contribution in [0.2, 0.25) is 0 Å². The van der Waals surface area contributed by atoms with Crippen LogP contribution in [0.25, 0.3) is 0 Å². The zero-order valence-corrected chi connectivity index (χ0v) is 8.73. The van der Waals surface area contributed by atoms with Gasteiger partial charge in [-0.3, -0.25) is 0 Å². The van der Waals surface area contributed by atoms with E-state index < -0.39 is 0 Å². The van der Waals surface area contributed by atoms with Gasteiger partial charge in [0.25, 0.3) is 0 Å². The maximum atomic E-state index is 5.91. The zero-order chi connectivity index (χ0) is 10.1. The van der Waals surface area contributed by atoms with Crippen LogP contribution >= 0.6 is 0 Å². The highest BCUT2D eigenvalue weighted by Crippen LogP contribution is 2.35. The highest BCUT2D eigenvalue weighted by molar-refractivity contribution is 5.01. The average molecular weight is 195 g/mol. The van der Waals surface area contributed by atoms with Crippen molar-refractivity contribution in [3.05, 3.63) is 11.7 Å². The number of rotatable bonds is 3. The van der Waals surface area contributed by atoms with Crippen molar-refractivity contribution < 1.29 is 4.52 Å². The Kier molecular flexibility index (Phi) is 2.54. The summed E-state index contributed by atoms with van der Waals surface area (Å²) in [5, 5.41) is 3.98. The molecule has 2 N–H and O–H groups in total. The van der Waals surface area contributed by atoms with Crippen molar-refractivity contribution in [2.75, 3.05) is 0 Å². The van der Waals surface area contributed by atoms with Gasteiger partial charge in [0.1, 0.15) is 0 Å². The predicted octanol–water partition coefficient (Wildman–Crippen LogP) is 1.99. The minimum atomic E-state index is -0.128. The summed E-state index contributed by atoms with van der Waals surface area (Å²) in [5.41, 5.74) is 5.91. The summed E-state index contributed by atoms with van der Waals surface area (Å²) in [7, 11) is 0. The molecule has 14 heavy (non-hydrogen) atoms. The Morgan fingerprint density at radius 2 is 2.14 bits per heavy atom. The van der Waals surface area contributed by atoms with Crippen molar-refractivity contribution in [3.63, 3.8) is 0 Å². The van der Waals surface area contributed by atoms with E-state index in [2.05, 4.69) is 24.0 Å². The average Bonchev–Trinajstić information content (AvgIpc) is 2.48. The second-order valence-electron chi connectivity index (χ2n) is 4.39. The lowest BCUT2D eigenvalue weighted by atomic mass is 9.85. The van der Waals surface area contributed by atoms with E-state index in [1.165, 1.54) is 19.3 Å². The Morgan fingerprint density at radius 3 is 2.64 bits per heavy atom. The second-order valence-corrected chi connectivity index (χ2v) is 4.39. The standard InChI is InChI=1S/C10H17N3O/c1-6(2)8(11)10-12-9(13-14-10)7-4-3-5-7/h6-8H,3-5,11H2,1-2H3/t8-/m0/s1. The molecule has 1 aromatic rings. The van der Waals surface area contributed by atoms with Gasteiger partial charge < -0.3 is 10.3 Å². The van der Waals surface area contributed by atoms with Crippen molar-refractivity contribution in [2.45, 2.75) is 45.1 Å². The van der Waals surface area contributed by atoms with Gasteiger partial charge in [-0.25, -0.2) is 0 Å². The quantitative estimate of drug-likeness (QED) is 0.801. The van der Waals surface area contributed by atoms with Crippen molar-refractivity contribution in [3.8, 4) is 0 Å². The smallest absolute Gasteiger partial charge is 0.243 e. The molecular weight excluding hydrogens is 178 g/mol. The predicted molar refractivity (Wildman–Crippen MR) is 52.7 cm³/mol. The second kappa shape index (κ2) is 3.69. The molecule has 1 aromatic heterocycles. The topological polar surface area (TPSA) is 64.9 Å². The van der Waals surface area contributed by atoms with E-state index in [1.807, 2.05) is 0 Å². The molecular formula is C10H17N3O. The van der Waals surface area contributed by atoms with Crippen molar-refractivity contribution in [1.29, 1.82) is 0 Å². The highest BCUT2D eigenvalue weighted by Gasteiger charge is 2.26. The molecule has 4 heteroatoms. The van der Waals surface area contributed by atoms with Crippen LogP contribution in [0.15, 0.2) is 4.52 Å². The zero-order valence-electron chi connectivity index (χ0n) is 8.73. The van der Waals surface area contributed by atoms with Crippen LogP contribution in [0.1, 0.15) is 56.8 Å². The van der Waals surface area contributed by atoms with Gasteiger partial charge in [-0.05, 0) is 18.8 Å². The minimum absolute atomic E-state index is 0.128. The summed E-state index contributed by atoms with van der Waals surface area (Å²) in [6.45, 7) is 4.11. The Labute approximate surface area is 83.9 Å². The van der Waals surface area contributed by atoms with Crippen LogP contribution in [0, 0.1) is 5.92 Å². The van der Waals surface area contributed by atoms with Gasteiger partial charge in [-0.15, -0.1) is 0 Å². The molecule has 0 aromatic carbocycles. The maximum absolute atomic E-state index is 5.91. The Bertz CT molecular complexity index is 304. The van der Waals surface area contributed by atoms with Crippen molar-refractivity contribution >= 4 is 0 Å². The number of nitrogens with zero attached hydrogens (tertiary/aromatic N) is 2. The van der Waals surface area contributed by atoms with E-state index in [0.29, 0.717) is 17.7 Å². The Morgan fingerprint density at radius 1 is 1.43 bits per heavy atom.